The van der Waals surface area contributed by atoms with E-state index in [0.717, 1.165) is 22.7 Å². The summed E-state index contributed by atoms with van der Waals surface area (Å²) in [7, 11) is 1.65. The molecule has 0 amide bonds. The molecule has 0 aliphatic rings. The summed E-state index contributed by atoms with van der Waals surface area (Å²) in [5.41, 5.74) is 2.98. The normalized spacial score (nSPS) is 11.0. The van der Waals surface area contributed by atoms with Crippen molar-refractivity contribution in [2.75, 3.05) is 46.8 Å². The summed E-state index contributed by atoms with van der Waals surface area (Å²) in [6.45, 7) is 3.23. The Morgan fingerprint density at radius 2 is 1.33 bits per heavy atom. The van der Waals surface area contributed by atoms with E-state index in [9.17, 15) is 0 Å². The molecule has 2 aromatic heterocycles. The van der Waals surface area contributed by atoms with E-state index in [1.54, 1.807) is 7.11 Å². The molecule has 6 nitrogen and oxygen atoms in total. The summed E-state index contributed by atoms with van der Waals surface area (Å²) in [6, 6.07) is 19.9. The summed E-state index contributed by atoms with van der Waals surface area (Å²) >= 11 is 0. The van der Waals surface area contributed by atoms with Gasteiger partial charge in [0, 0.05) is 19.5 Å². The number of ether oxygens (including phenoxy) is 4. The Morgan fingerprint density at radius 1 is 0.700 bits per heavy atom. The maximum atomic E-state index is 5.89. The van der Waals surface area contributed by atoms with Crippen LogP contribution in [0.1, 0.15) is 22.9 Å². The van der Waals surface area contributed by atoms with Crippen LogP contribution in [0.2, 0.25) is 0 Å². The number of nitrogens with zero attached hydrogens (tertiary/aromatic N) is 2. The van der Waals surface area contributed by atoms with Gasteiger partial charge in [0.05, 0.1) is 50.3 Å². The fraction of sp³-hybridized carbons (Fsp3) is 0.333. The van der Waals surface area contributed by atoms with Crippen molar-refractivity contribution >= 4 is 0 Å². The minimum Gasteiger partial charge on any atom is -0.491 e. The zero-order chi connectivity index (χ0) is 20.9. The lowest BCUT2D eigenvalue weighted by Crippen LogP contribution is -2.12. The monoisotopic (exact) mass is 408 g/mol. The van der Waals surface area contributed by atoms with Crippen LogP contribution in [-0.4, -0.2) is 56.7 Å². The van der Waals surface area contributed by atoms with Crippen molar-refractivity contribution < 1.29 is 18.9 Å². The largest absolute Gasteiger partial charge is 0.491 e. The average molecular weight is 408 g/mol. The molecular formula is C24H28N2O4. The number of methoxy groups -OCH3 is 1. The first-order valence-corrected chi connectivity index (χ1v) is 10.1. The van der Waals surface area contributed by atoms with Gasteiger partial charge in [-0.15, -0.1) is 0 Å². The lowest BCUT2D eigenvalue weighted by atomic mass is 9.91. The Kier molecular flexibility index (Phi) is 9.27. The molecular weight excluding hydrogens is 380 g/mol. The van der Waals surface area contributed by atoms with Gasteiger partial charge in [0.25, 0.3) is 0 Å². The molecule has 0 bridgehead atoms. The number of aromatic nitrogens is 2. The quantitative estimate of drug-likeness (QED) is 0.402. The van der Waals surface area contributed by atoms with Crippen molar-refractivity contribution in [3.8, 4) is 5.75 Å². The Bertz CT molecular complexity index is 807. The van der Waals surface area contributed by atoms with Gasteiger partial charge in [-0.2, -0.15) is 0 Å². The van der Waals surface area contributed by atoms with Crippen molar-refractivity contribution in [3.63, 3.8) is 0 Å². The van der Waals surface area contributed by atoms with Crippen LogP contribution in [0.25, 0.3) is 0 Å². The fourth-order valence-corrected chi connectivity index (χ4v) is 3.05. The first-order chi connectivity index (χ1) is 14.9. The zero-order valence-corrected chi connectivity index (χ0v) is 17.3. The van der Waals surface area contributed by atoms with E-state index in [1.807, 2.05) is 67.0 Å². The van der Waals surface area contributed by atoms with E-state index < -0.39 is 0 Å². The molecule has 1 aromatic carbocycles. The molecule has 0 spiro atoms. The second-order valence-corrected chi connectivity index (χ2v) is 6.58. The molecule has 2 heterocycles. The summed E-state index contributed by atoms with van der Waals surface area (Å²) < 4.78 is 21.7. The second-order valence-electron chi connectivity index (χ2n) is 6.58. The maximum absolute atomic E-state index is 5.89. The van der Waals surface area contributed by atoms with E-state index in [0.29, 0.717) is 39.6 Å². The Balaban J connectivity index is 1.58. The van der Waals surface area contributed by atoms with Crippen molar-refractivity contribution in [1.82, 2.24) is 9.97 Å². The lowest BCUT2D eigenvalue weighted by molar-refractivity contribution is 0.0179. The molecule has 0 aliphatic heterocycles. The predicted molar refractivity (Wildman–Crippen MR) is 115 cm³/mol. The van der Waals surface area contributed by atoms with Gasteiger partial charge in [-0.05, 0) is 42.0 Å². The molecule has 0 unspecified atom stereocenters. The van der Waals surface area contributed by atoms with Crippen molar-refractivity contribution in [1.29, 1.82) is 0 Å². The van der Waals surface area contributed by atoms with Gasteiger partial charge in [0.1, 0.15) is 12.4 Å². The van der Waals surface area contributed by atoms with Crippen molar-refractivity contribution in [2.45, 2.75) is 5.92 Å². The Morgan fingerprint density at radius 3 is 1.93 bits per heavy atom. The van der Waals surface area contributed by atoms with Crippen LogP contribution in [0.3, 0.4) is 0 Å². The van der Waals surface area contributed by atoms with Crippen LogP contribution in [0.5, 0.6) is 5.75 Å². The van der Waals surface area contributed by atoms with Gasteiger partial charge in [-0.25, -0.2) is 0 Å². The van der Waals surface area contributed by atoms with Gasteiger partial charge in [-0.3, -0.25) is 9.97 Å². The highest BCUT2D eigenvalue weighted by Gasteiger charge is 2.19. The van der Waals surface area contributed by atoms with Gasteiger partial charge in [0.15, 0.2) is 0 Å². The van der Waals surface area contributed by atoms with E-state index >= 15 is 0 Å². The van der Waals surface area contributed by atoms with Gasteiger partial charge in [0.2, 0.25) is 0 Å². The number of hydrogen-bond acceptors (Lipinski definition) is 6. The van der Waals surface area contributed by atoms with E-state index in [4.69, 9.17) is 18.9 Å². The summed E-state index contributed by atoms with van der Waals surface area (Å²) in [4.78, 5) is 9.13. The van der Waals surface area contributed by atoms with Crippen LogP contribution in [0.4, 0.5) is 0 Å². The molecule has 0 aliphatic carbocycles. The highest BCUT2D eigenvalue weighted by Crippen LogP contribution is 2.31. The third-order valence-corrected chi connectivity index (χ3v) is 4.46. The van der Waals surface area contributed by atoms with E-state index in [2.05, 4.69) is 16.0 Å². The molecule has 0 N–H and O–H groups in total. The van der Waals surface area contributed by atoms with Crippen molar-refractivity contribution in [3.05, 3.63) is 90.0 Å². The smallest absolute Gasteiger partial charge is 0.119 e. The SMILES string of the molecule is COCCOCCOCCOc1cccc(C(c2ccccn2)c2ccccn2)c1. The minimum absolute atomic E-state index is 0.0588. The third-order valence-electron chi connectivity index (χ3n) is 4.46. The van der Waals surface area contributed by atoms with Gasteiger partial charge < -0.3 is 18.9 Å². The highest BCUT2D eigenvalue weighted by atomic mass is 16.6. The van der Waals surface area contributed by atoms with Crippen LogP contribution in [0.15, 0.2) is 73.1 Å². The molecule has 3 aromatic rings. The molecule has 6 heteroatoms. The van der Waals surface area contributed by atoms with Crippen LogP contribution >= 0.6 is 0 Å². The first-order valence-electron chi connectivity index (χ1n) is 10.1. The topological polar surface area (TPSA) is 62.7 Å². The highest BCUT2D eigenvalue weighted by molar-refractivity contribution is 5.40. The molecule has 0 atom stereocenters. The summed E-state index contributed by atoms with van der Waals surface area (Å²) in [6.07, 6.45) is 3.61. The number of rotatable bonds is 13. The third kappa shape index (κ3) is 6.91. The molecule has 30 heavy (non-hydrogen) atoms. The van der Waals surface area contributed by atoms with Crippen LogP contribution < -0.4 is 4.74 Å². The minimum atomic E-state index is -0.0588. The number of benzene rings is 1. The van der Waals surface area contributed by atoms with E-state index in [1.165, 1.54) is 0 Å². The number of hydrogen-bond donors (Lipinski definition) is 0. The predicted octanol–water partition coefficient (Wildman–Crippen LogP) is 3.72. The Labute approximate surface area is 177 Å². The number of pyridine rings is 2. The molecule has 3 rings (SSSR count). The lowest BCUT2D eigenvalue weighted by Gasteiger charge is -2.17. The first kappa shape index (κ1) is 21.9. The molecule has 0 saturated heterocycles. The fourth-order valence-electron chi connectivity index (χ4n) is 3.05. The standard InChI is InChI=1S/C24H28N2O4/c1-27-13-14-28-15-16-29-17-18-30-21-8-6-7-20(19-21)24(22-9-2-4-11-25-22)23-10-3-5-12-26-23/h2-12,19,24H,13-18H2,1H3. The van der Waals surface area contributed by atoms with Gasteiger partial charge in [-0.1, -0.05) is 24.3 Å². The summed E-state index contributed by atoms with van der Waals surface area (Å²) in [5, 5.41) is 0. The van der Waals surface area contributed by atoms with E-state index in [-0.39, 0.29) is 5.92 Å². The Hall–Kier alpha value is -2.80. The van der Waals surface area contributed by atoms with Crippen LogP contribution in [-0.2, 0) is 14.2 Å². The molecule has 0 fully saturated rings. The van der Waals surface area contributed by atoms with Gasteiger partial charge >= 0.3 is 0 Å². The van der Waals surface area contributed by atoms with Crippen molar-refractivity contribution in [2.24, 2.45) is 0 Å². The average Bonchev–Trinajstić information content (AvgIpc) is 2.80. The molecule has 158 valence electrons. The second kappa shape index (κ2) is 12.7. The van der Waals surface area contributed by atoms with Crippen LogP contribution in [0, 0.1) is 0 Å². The molecule has 0 saturated carbocycles. The molecule has 0 radical (unpaired) electrons. The maximum Gasteiger partial charge on any atom is 0.119 e. The summed E-state index contributed by atoms with van der Waals surface area (Å²) in [5.74, 6) is 0.737. The zero-order valence-electron chi connectivity index (χ0n) is 17.3.